The van der Waals surface area contributed by atoms with Crippen molar-refractivity contribution in [1.29, 1.82) is 0 Å². The number of rotatable bonds is 4. The Morgan fingerprint density at radius 3 is 3.00 bits per heavy atom. The summed E-state index contributed by atoms with van der Waals surface area (Å²) in [6.45, 7) is 3.23. The van der Waals surface area contributed by atoms with Gasteiger partial charge in [0.1, 0.15) is 12.1 Å². The minimum Gasteiger partial charge on any atom is -0.493 e. The van der Waals surface area contributed by atoms with E-state index in [-0.39, 0.29) is 5.82 Å². The fourth-order valence-electron chi connectivity index (χ4n) is 2.60. The fraction of sp³-hybridized carbons (Fsp3) is 0.375. The van der Waals surface area contributed by atoms with Crippen LogP contribution >= 0.6 is 0 Å². The van der Waals surface area contributed by atoms with Crippen LogP contribution in [0.2, 0.25) is 0 Å². The van der Waals surface area contributed by atoms with Crippen molar-refractivity contribution in [3.05, 3.63) is 47.2 Å². The number of halogens is 1. The molecule has 3 rings (SSSR count). The number of ether oxygens (including phenoxy) is 1. The molecule has 1 aliphatic rings. The zero-order valence-corrected chi connectivity index (χ0v) is 12.3. The highest BCUT2D eigenvalue weighted by Gasteiger charge is 2.16. The van der Waals surface area contributed by atoms with Gasteiger partial charge in [0, 0.05) is 20.0 Å². The Kier molecular flexibility index (Phi) is 3.73. The van der Waals surface area contributed by atoms with Crippen LogP contribution in [0.15, 0.2) is 24.5 Å². The third kappa shape index (κ3) is 2.68. The molecule has 0 amide bonds. The van der Waals surface area contributed by atoms with Gasteiger partial charge in [-0.15, -0.1) is 0 Å². The third-order valence-electron chi connectivity index (χ3n) is 3.71. The molecule has 4 nitrogen and oxygen atoms in total. The van der Waals surface area contributed by atoms with Crippen molar-refractivity contribution in [1.82, 2.24) is 9.97 Å². The van der Waals surface area contributed by atoms with E-state index in [0.717, 1.165) is 24.3 Å². The van der Waals surface area contributed by atoms with Crippen molar-refractivity contribution >= 4 is 5.82 Å². The Hall–Kier alpha value is -2.17. The Morgan fingerprint density at radius 1 is 1.33 bits per heavy atom. The number of hydrogen-bond acceptors (Lipinski definition) is 4. The van der Waals surface area contributed by atoms with Crippen molar-refractivity contribution in [2.45, 2.75) is 26.3 Å². The van der Waals surface area contributed by atoms with E-state index in [0.29, 0.717) is 24.5 Å². The average molecular weight is 287 g/mol. The quantitative estimate of drug-likeness (QED) is 0.866. The van der Waals surface area contributed by atoms with Crippen LogP contribution < -0.4 is 9.64 Å². The summed E-state index contributed by atoms with van der Waals surface area (Å²) < 4.78 is 19.8. The maximum absolute atomic E-state index is 14.3. The maximum Gasteiger partial charge on any atom is 0.187 e. The number of hydrogen-bond donors (Lipinski definition) is 0. The molecule has 0 spiro atoms. The van der Waals surface area contributed by atoms with Gasteiger partial charge in [-0.25, -0.2) is 14.4 Å². The van der Waals surface area contributed by atoms with Crippen molar-refractivity contribution < 1.29 is 9.13 Å². The molecule has 0 saturated carbocycles. The molecule has 0 aliphatic carbocycles. The number of anilines is 1. The van der Waals surface area contributed by atoms with Crippen LogP contribution in [-0.4, -0.2) is 23.6 Å². The molecule has 21 heavy (non-hydrogen) atoms. The van der Waals surface area contributed by atoms with Gasteiger partial charge >= 0.3 is 0 Å². The summed E-state index contributed by atoms with van der Waals surface area (Å²) >= 11 is 0. The first-order chi connectivity index (χ1) is 10.2. The smallest absolute Gasteiger partial charge is 0.187 e. The molecule has 1 aliphatic heterocycles. The van der Waals surface area contributed by atoms with E-state index in [2.05, 4.69) is 16.0 Å². The number of aromatic nitrogens is 2. The summed E-state index contributed by atoms with van der Waals surface area (Å²) in [4.78, 5) is 9.85. The molecule has 2 heterocycles. The highest BCUT2D eigenvalue weighted by Crippen LogP contribution is 2.27. The van der Waals surface area contributed by atoms with Crippen molar-refractivity contribution in [3.8, 4) is 5.75 Å². The normalized spacial score (nSPS) is 12.9. The molecule has 5 heteroatoms. The van der Waals surface area contributed by atoms with Crippen LogP contribution in [0.5, 0.6) is 5.75 Å². The summed E-state index contributed by atoms with van der Waals surface area (Å²) in [5.74, 6) is 0.980. The number of aryl methyl sites for hydroxylation is 1. The van der Waals surface area contributed by atoms with E-state index in [1.165, 1.54) is 11.9 Å². The fourth-order valence-corrected chi connectivity index (χ4v) is 2.60. The van der Waals surface area contributed by atoms with Gasteiger partial charge in [0.05, 0.1) is 12.3 Å². The Morgan fingerprint density at radius 2 is 2.19 bits per heavy atom. The summed E-state index contributed by atoms with van der Waals surface area (Å²) in [5, 5.41) is 0. The molecule has 1 aromatic heterocycles. The number of nitrogens with zero attached hydrogens (tertiary/aromatic N) is 3. The molecule has 110 valence electrons. The Balaban J connectivity index is 1.82. The van der Waals surface area contributed by atoms with E-state index in [9.17, 15) is 4.39 Å². The van der Waals surface area contributed by atoms with Crippen LogP contribution in [0.4, 0.5) is 10.2 Å². The van der Waals surface area contributed by atoms with Crippen LogP contribution in [0, 0.1) is 5.82 Å². The first kappa shape index (κ1) is 13.8. The molecular weight excluding hydrogens is 269 g/mol. The van der Waals surface area contributed by atoms with Gasteiger partial charge in [-0.2, -0.15) is 0 Å². The van der Waals surface area contributed by atoms with E-state index >= 15 is 0 Å². The van der Waals surface area contributed by atoms with E-state index in [1.54, 1.807) is 0 Å². The lowest BCUT2D eigenvalue weighted by molar-refractivity contribution is 0.357. The van der Waals surface area contributed by atoms with Gasteiger partial charge in [-0.1, -0.05) is 19.1 Å². The van der Waals surface area contributed by atoms with Crippen LogP contribution in [0.3, 0.4) is 0 Å². The first-order valence-corrected chi connectivity index (χ1v) is 7.14. The van der Waals surface area contributed by atoms with E-state index < -0.39 is 0 Å². The lowest BCUT2D eigenvalue weighted by Crippen LogP contribution is -2.20. The summed E-state index contributed by atoms with van der Waals surface area (Å²) in [7, 11) is 1.84. The molecule has 0 unspecified atom stereocenters. The second-order valence-corrected chi connectivity index (χ2v) is 5.21. The lowest BCUT2D eigenvalue weighted by Gasteiger charge is -2.19. The number of benzene rings is 1. The minimum atomic E-state index is -0.327. The summed E-state index contributed by atoms with van der Waals surface area (Å²) in [6.07, 6.45) is 2.92. The predicted molar refractivity (Wildman–Crippen MR) is 79.1 cm³/mol. The molecule has 0 N–H and O–H groups in total. The van der Waals surface area contributed by atoms with Crippen LogP contribution in [0.1, 0.15) is 23.7 Å². The third-order valence-corrected chi connectivity index (χ3v) is 3.71. The molecular formula is C16H18FN3O. The molecule has 0 fully saturated rings. The molecule has 0 radical (unpaired) electrons. The predicted octanol–water partition coefficient (Wildman–Crippen LogP) is 2.75. The van der Waals surface area contributed by atoms with Crippen LogP contribution in [0.25, 0.3) is 0 Å². The SMILES string of the molecule is CCc1ncnc(N(C)Cc2ccc3c(c2)CCO3)c1F. The van der Waals surface area contributed by atoms with Gasteiger partial charge in [0.15, 0.2) is 11.6 Å². The first-order valence-electron chi connectivity index (χ1n) is 7.14. The Labute approximate surface area is 123 Å². The van der Waals surface area contributed by atoms with Crippen molar-refractivity contribution in [2.75, 3.05) is 18.6 Å². The van der Waals surface area contributed by atoms with Crippen molar-refractivity contribution in [3.63, 3.8) is 0 Å². The highest BCUT2D eigenvalue weighted by molar-refractivity contribution is 5.44. The van der Waals surface area contributed by atoms with Gasteiger partial charge < -0.3 is 9.64 Å². The monoisotopic (exact) mass is 287 g/mol. The average Bonchev–Trinajstić information content (AvgIpc) is 2.95. The molecule has 1 aromatic carbocycles. The van der Waals surface area contributed by atoms with Gasteiger partial charge in [-0.3, -0.25) is 0 Å². The highest BCUT2D eigenvalue weighted by atomic mass is 19.1. The zero-order valence-electron chi connectivity index (χ0n) is 12.3. The maximum atomic E-state index is 14.3. The van der Waals surface area contributed by atoms with Gasteiger partial charge in [-0.05, 0) is 23.6 Å². The second kappa shape index (κ2) is 5.68. The molecule has 2 aromatic rings. The topological polar surface area (TPSA) is 38.2 Å². The number of fused-ring (bicyclic) bond motifs is 1. The molecule has 0 atom stereocenters. The summed E-state index contributed by atoms with van der Waals surface area (Å²) in [6, 6.07) is 6.12. The standard InChI is InChI=1S/C16H18FN3O/c1-3-13-15(17)16(19-10-18-13)20(2)9-11-4-5-14-12(8-11)6-7-21-14/h4-5,8,10H,3,6-7,9H2,1-2H3. The summed E-state index contributed by atoms with van der Waals surface area (Å²) in [5.41, 5.74) is 2.80. The van der Waals surface area contributed by atoms with Gasteiger partial charge in [0.25, 0.3) is 0 Å². The van der Waals surface area contributed by atoms with E-state index in [4.69, 9.17) is 4.74 Å². The zero-order chi connectivity index (χ0) is 14.8. The molecule has 0 saturated heterocycles. The minimum absolute atomic E-state index is 0.327. The Bertz CT molecular complexity index is 660. The van der Waals surface area contributed by atoms with E-state index in [1.807, 2.05) is 31.0 Å². The molecule has 0 bridgehead atoms. The largest absolute Gasteiger partial charge is 0.493 e. The van der Waals surface area contributed by atoms with Crippen LogP contribution in [-0.2, 0) is 19.4 Å². The van der Waals surface area contributed by atoms with Crippen molar-refractivity contribution in [2.24, 2.45) is 0 Å². The lowest BCUT2D eigenvalue weighted by atomic mass is 10.1. The second-order valence-electron chi connectivity index (χ2n) is 5.21. The van der Waals surface area contributed by atoms with Gasteiger partial charge in [0.2, 0.25) is 0 Å².